The van der Waals surface area contributed by atoms with Crippen molar-refractivity contribution in [2.45, 2.75) is 32.4 Å². The SMILES string of the molecule is CCCCC(=NNC(N)=S)c1cccc(C(F)(F)F)c1. The number of unbranched alkanes of at least 4 members (excludes halogenated alkanes) is 1. The van der Waals surface area contributed by atoms with Gasteiger partial charge in [0.25, 0.3) is 0 Å². The van der Waals surface area contributed by atoms with E-state index in [1.165, 1.54) is 6.07 Å². The van der Waals surface area contributed by atoms with Crippen LogP contribution in [0.2, 0.25) is 0 Å². The highest BCUT2D eigenvalue weighted by Crippen LogP contribution is 2.29. The molecule has 0 aliphatic heterocycles. The molecule has 1 rings (SSSR count). The first-order valence-electron chi connectivity index (χ1n) is 6.14. The van der Waals surface area contributed by atoms with Crippen LogP contribution < -0.4 is 11.2 Å². The Labute approximate surface area is 121 Å². The van der Waals surface area contributed by atoms with E-state index in [1.807, 2.05) is 6.92 Å². The van der Waals surface area contributed by atoms with Crippen molar-refractivity contribution in [1.29, 1.82) is 0 Å². The number of benzene rings is 1. The Hall–Kier alpha value is -1.63. The van der Waals surface area contributed by atoms with Gasteiger partial charge in [-0.25, -0.2) is 0 Å². The van der Waals surface area contributed by atoms with Gasteiger partial charge in [0, 0.05) is 0 Å². The van der Waals surface area contributed by atoms with Crippen molar-refractivity contribution in [3.63, 3.8) is 0 Å². The molecule has 0 bridgehead atoms. The molecule has 0 saturated carbocycles. The Morgan fingerprint density at radius 3 is 2.65 bits per heavy atom. The van der Waals surface area contributed by atoms with E-state index in [-0.39, 0.29) is 5.11 Å². The lowest BCUT2D eigenvalue weighted by atomic mass is 10.0. The lowest BCUT2D eigenvalue weighted by Gasteiger charge is -2.11. The van der Waals surface area contributed by atoms with Crippen LogP contribution in [0.5, 0.6) is 0 Å². The van der Waals surface area contributed by atoms with E-state index >= 15 is 0 Å². The Bertz CT molecular complexity index is 498. The Morgan fingerprint density at radius 2 is 2.10 bits per heavy atom. The first-order valence-corrected chi connectivity index (χ1v) is 6.55. The molecule has 0 aromatic heterocycles. The molecule has 3 nitrogen and oxygen atoms in total. The topological polar surface area (TPSA) is 50.4 Å². The van der Waals surface area contributed by atoms with E-state index in [0.29, 0.717) is 17.7 Å². The first kappa shape index (κ1) is 16.4. The second kappa shape index (κ2) is 7.23. The maximum Gasteiger partial charge on any atom is 0.416 e. The van der Waals surface area contributed by atoms with Crippen molar-refractivity contribution in [2.75, 3.05) is 0 Å². The second-order valence-electron chi connectivity index (χ2n) is 4.22. The third-order valence-corrected chi connectivity index (χ3v) is 2.68. The summed E-state index contributed by atoms with van der Waals surface area (Å²) in [4.78, 5) is 0. The minimum atomic E-state index is -4.37. The smallest absolute Gasteiger partial charge is 0.375 e. The second-order valence-corrected chi connectivity index (χ2v) is 4.66. The maximum atomic E-state index is 12.7. The fraction of sp³-hybridized carbons (Fsp3) is 0.385. The van der Waals surface area contributed by atoms with Crippen LogP contribution in [-0.4, -0.2) is 10.8 Å². The molecular formula is C13H16F3N3S. The molecule has 0 fully saturated rings. The number of halogens is 3. The summed E-state index contributed by atoms with van der Waals surface area (Å²) in [5.74, 6) is 0. The summed E-state index contributed by atoms with van der Waals surface area (Å²) >= 11 is 4.64. The molecule has 110 valence electrons. The van der Waals surface area contributed by atoms with Crippen molar-refractivity contribution >= 4 is 23.0 Å². The van der Waals surface area contributed by atoms with Gasteiger partial charge in [-0.1, -0.05) is 25.5 Å². The van der Waals surface area contributed by atoms with Crippen molar-refractivity contribution in [2.24, 2.45) is 10.8 Å². The zero-order valence-electron chi connectivity index (χ0n) is 11.0. The van der Waals surface area contributed by atoms with Gasteiger partial charge >= 0.3 is 6.18 Å². The van der Waals surface area contributed by atoms with Gasteiger partial charge in [-0.05, 0) is 42.8 Å². The fourth-order valence-corrected chi connectivity index (χ4v) is 1.65. The Balaban J connectivity index is 3.07. The fourth-order valence-electron chi connectivity index (χ4n) is 1.61. The van der Waals surface area contributed by atoms with Crippen LogP contribution in [0.1, 0.15) is 37.3 Å². The number of nitrogens with zero attached hydrogens (tertiary/aromatic N) is 1. The van der Waals surface area contributed by atoms with Gasteiger partial charge in [0.15, 0.2) is 5.11 Å². The molecule has 0 saturated heterocycles. The largest absolute Gasteiger partial charge is 0.416 e. The number of nitrogens with one attached hydrogen (secondary N) is 1. The molecule has 0 atom stereocenters. The number of nitrogens with two attached hydrogens (primary N) is 1. The molecule has 0 heterocycles. The zero-order chi connectivity index (χ0) is 15.2. The lowest BCUT2D eigenvalue weighted by Crippen LogP contribution is -2.25. The van der Waals surface area contributed by atoms with E-state index in [1.54, 1.807) is 6.07 Å². The van der Waals surface area contributed by atoms with Gasteiger partial charge in [0.2, 0.25) is 0 Å². The summed E-state index contributed by atoms with van der Waals surface area (Å²) in [5, 5.41) is 3.97. The van der Waals surface area contributed by atoms with Crippen LogP contribution >= 0.6 is 12.2 Å². The summed E-state index contributed by atoms with van der Waals surface area (Å²) < 4.78 is 38.1. The molecule has 0 radical (unpaired) electrons. The monoisotopic (exact) mass is 303 g/mol. The molecule has 7 heteroatoms. The van der Waals surface area contributed by atoms with Gasteiger partial charge in [0.05, 0.1) is 11.3 Å². The highest BCUT2D eigenvalue weighted by molar-refractivity contribution is 7.80. The van der Waals surface area contributed by atoms with Crippen LogP contribution in [-0.2, 0) is 6.18 Å². The van der Waals surface area contributed by atoms with Crippen LogP contribution in [0.25, 0.3) is 0 Å². The molecule has 1 aromatic rings. The number of alkyl halides is 3. The number of hydrazone groups is 1. The average Bonchev–Trinajstić information content (AvgIpc) is 2.38. The molecule has 0 aliphatic carbocycles. The third-order valence-electron chi connectivity index (χ3n) is 2.59. The number of hydrogen-bond donors (Lipinski definition) is 2. The van der Waals surface area contributed by atoms with E-state index in [9.17, 15) is 13.2 Å². The molecule has 3 N–H and O–H groups in total. The lowest BCUT2D eigenvalue weighted by molar-refractivity contribution is -0.137. The summed E-state index contributed by atoms with van der Waals surface area (Å²) in [6.45, 7) is 1.99. The number of thiocarbonyl (C=S) groups is 1. The predicted octanol–water partition coefficient (Wildman–Crippen LogP) is 3.43. The highest BCUT2D eigenvalue weighted by Gasteiger charge is 2.30. The van der Waals surface area contributed by atoms with Crippen LogP contribution in [0.3, 0.4) is 0 Å². The summed E-state index contributed by atoms with van der Waals surface area (Å²) in [7, 11) is 0. The molecular weight excluding hydrogens is 287 g/mol. The van der Waals surface area contributed by atoms with Gasteiger partial charge < -0.3 is 5.73 Å². The van der Waals surface area contributed by atoms with Gasteiger partial charge in [-0.15, -0.1) is 0 Å². The van der Waals surface area contributed by atoms with Gasteiger partial charge in [0.1, 0.15) is 0 Å². The zero-order valence-corrected chi connectivity index (χ0v) is 11.8. The Morgan fingerprint density at radius 1 is 1.40 bits per heavy atom. The highest BCUT2D eigenvalue weighted by atomic mass is 32.1. The summed E-state index contributed by atoms with van der Waals surface area (Å²) in [6, 6.07) is 5.06. The van der Waals surface area contributed by atoms with E-state index in [2.05, 4.69) is 22.7 Å². The number of hydrogen-bond acceptors (Lipinski definition) is 2. The third kappa shape index (κ3) is 5.16. The predicted molar refractivity (Wildman–Crippen MR) is 77.4 cm³/mol. The maximum absolute atomic E-state index is 12.7. The minimum absolute atomic E-state index is 0.0222. The van der Waals surface area contributed by atoms with E-state index in [4.69, 9.17) is 5.73 Å². The molecule has 0 amide bonds. The van der Waals surface area contributed by atoms with Gasteiger partial charge in [-0.2, -0.15) is 18.3 Å². The Kier molecular flexibility index (Phi) is 5.94. The molecule has 0 spiro atoms. The summed E-state index contributed by atoms with van der Waals surface area (Å²) in [5.41, 5.74) is 7.93. The standard InChI is InChI=1S/C13H16F3N3S/c1-2-3-7-11(18-19-12(17)20)9-5-4-6-10(8-9)13(14,15)16/h4-6,8H,2-3,7H2,1H3,(H3,17,19,20). The van der Waals surface area contributed by atoms with Crippen LogP contribution in [0, 0.1) is 0 Å². The quantitative estimate of drug-likeness (QED) is 0.498. The van der Waals surface area contributed by atoms with E-state index < -0.39 is 11.7 Å². The molecule has 0 unspecified atom stereocenters. The normalized spacial score (nSPS) is 12.3. The van der Waals surface area contributed by atoms with Crippen molar-refractivity contribution < 1.29 is 13.2 Å². The van der Waals surface area contributed by atoms with E-state index in [0.717, 1.165) is 25.0 Å². The molecule has 1 aromatic carbocycles. The molecule has 0 aliphatic rings. The summed E-state index contributed by atoms with van der Waals surface area (Å²) in [6.07, 6.45) is -2.10. The van der Waals surface area contributed by atoms with Crippen molar-refractivity contribution in [3.8, 4) is 0 Å². The van der Waals surface area contributed by atoms with Crippen molar-refractivity contribution in [1.82, 2.24) is 5.43 Å². The minimum Gasteiger partial charge on any atom is -0.375 e. The van der Waals surface area contributed by atoms with Crippen LogP contribution in [0.4, 0.5) is 13.2 Å². The van der Waals surface area contributed by atoms with Crippen LogP contribution in [0.15, 0.2) is 29.4 Å². The van der Waals surface area contributed by atoms with Crippen molar-refractivity contribution in [3.05, 3.63) is 35.4 Å². The molecule has 20 heavy (non-hydrogen) atoms. The van der Waals surface area contributed by atoms with Gasteiger partial charge in [-0.3, -0.25) is 5.43 Å². The number of rotatable bonds is 5. The first-order chi connectivity index (χ1) is 9.34. The average molecular weight is 303 g/mol.